The van der Waals surface area contributed by atoms with Crippen molar-refractivity contribution in [3.63, 3.8) is 0 Å². The molecule has 0 unspecified atom stereocenters. The third-order valence-corrected chi connectivity index (χ3v) is 4.18. The molecule has 12 heteroatoms. The Labute approximate surface area is 132 Å². The van der Waals surface area contributed by atoms with Gasteiger partial charge in [-0.2, -0.15) is 13.2 Å². The molecular formula is C11H15F3N4O4S. The van der Waals surface area contributed by atoms with Crippen LogP contribution in [-0.2, 0) is 15.7 Å². The number of nitrogens with zero attached hydrogens (tertiary/aromatic N) is 1. The van der Waals surface area contributed by atoms with Gasteiger partial charge >= 0.3 is 6.18 Å². The van der Waals surface area contributed by atoms with E-state index in [9.17, 15) is 28.2 Å². The molecule has 130 valence electrons. The molecule has 0 spiro atoms. The molecule has 2 heterocycles. The number of aliphatic hydroxyl groups is 2. The number of hydrogen-bond acceptors (Lipinski definition) is 8. The van der Waals surface area contributed by atoms with Gasteiger partial charge in [-0.05, 0) is 0 Å². The number of aliphatic hydroxyl groups excluding tert-OH is 2. The van der Waals surface area contributed by atoms with Gasteiger partial charge in [0.25, 0.3) is 0 Å². The molecule has 6 N–H and O–H groups in total. The lowest BCUT2D eigenvalue weighted by atomic mass is 9.98. The SMILES string of the molecule is NC[C@H]1OC[C@H](Nc2nc(C(F)(F)F)c(NC=O)s2)[C@@H](O)[C@H]1O. The second-order valence-electron chi connectivity index (χ2n) is 4.80. The summed E-state index contributed by atoms with van der Waals surface area (Å²) in [6, 6.07) is -0.871. The Balaban J connectivity index is 2.16. The molecule has 0 radical (unpaired) electrons. The van der Waals surface area contributed by atoms with Crippen molar-refractivity contribution in [1.29, 1.82) is 0 Å². The number of ether oxygens (including phenoxy) is 1. The molecule has 2 rings (SSSR count). The van der Waals surface area contributed by atoms with Gasteiger partial charge in [0, 0.05) is 6.54 Å². The highest BCUT2D eigenvalue weighted by molar-refractivity contribution is 7.19. The number of aromatic nitrogens is 1. The quantitative estimate of drug-likeness (QED) is 0.454. The molecule has 4 atom stereocenters. The van der Waals surface area contributed by atoms with Gasteiger partial charge in [-0.3, -0.25) is 4.79 Å². The first kappa shape index (κ1) is 17.9. The molecule has 8 nitrogen and oxygen atoms in total. The highest BCUT2D eigenvalue weighted by Gasteiger charge is 2.40. The van der Waals surface area contributed by atoms with Crippen molar-refractivity contribution < 1.29 is 32.9 Å². The number of amides is 1. The van der Waals surface area contributed by atoms with E-state index in [1.807, 2.05) is 5.32 Å². The maximum atomic E-state index is 12.8. The highest BCUT2D eigenvalue weighted by Crippen LogP contribution is 2.39. The van der Waals surface area contributed by atoms with E-state index in [-0.39, 0.29) is 24.7 Å². The van der Waals surface area contributed by atoms with Gasteiger partial charge in [-0.1, -0.05) is 11.3 Å². The van der Waals surface area contributed by atoms with Crippen molar-refractivity contribution in [1.82, 2.24) is 4.98 Å². The van der Waals surface area contributed by atoms with Crippen LogP contribution < -0.4 is 16.4 Å². The minimum absolute atomic E-state index is 0.00613. The van der Waals surface area contributed by atoms with E-state index in [0.29, 0.717) is 11.3 Å². The van der Waals surface area contributed by atoms with Crippen molar-refractivity contribution in [2.75, 3.05) is 23.8 Å². The molecule has 1 saturated heterocycles. The number of carbonyl (C=O) groups excluding carboxylic acids is 1. The molecule has 0 aromatic carbocycles. The Morgan fingerprint density at radius 3 is 2.70 bits per heavy atom. The van der Waals surface area contributed by atoms with Crippen LogP contribution in [0.5, 0.6) is 0 Å². The molecular weight excluding hydrogens is 341 g/mol. The average molecular weight is 356 g/mol. The molecule has 1 amide bonds. The highest BCUT2D eigenvalue weighted by atomic mass is 32.1. The summed E-state index contributed by atoms with van der Waals surface area (Å²) in [6.07, 6.45) is -7.95. The summed E-state index contributed by atoms with van der Waals surface area (Å²) in [4.78, 5) is 13.8. The first-order valence-corrected chi connectivity index (χ1v) is 7.32. The van der Waals surface area contributed by atoms with Gasteiger partial charge in [0.15, 0.2) is 10.8 Å². The second kappa shape index (κ2) is 6.97. The van der Waals surface area contributed by atoms with Gasteiger partial charge in [-0.25, -0.2) is 4.98 Å². The van der Waals surface area contributed by atoms with Crippen LogP contribution in [0.2, 0.25) is 0 Å². The number of rotatable bonds is 5. The zero-order chi connectivity index (χ0) is 17.2. The first-order chi connectivity index (χ1) is 10.8. The van der Waals surface area contributed by atoms with Gasteiger partial charge in [0.2, 0.25) is 6.41 Å². The predicted octanol–water partition coefficient (Wildman–Crippen LogP) is -0.410. The number of hydrogen-bond donors (Lipinski definition) is 5. The zero-order valence-corrected chi connectivity index (χ0v) is 12.4. The fourth-order valence-electron chi connectivity index (χ4n) is 2.10. The monoisotopic (exact) mass is 356 g/mol. The minimum Gasteiger partial charge on any atom is -0.388 e. The molecule has 0 aliphatic carbocycles. The zero-order valence-electron chi connectivity index (χ0n) is 11.6. The first-order valence-electron chi connectivity index (χ1n) is 6.50. The van der Waals surface area contributed by atoms with E-state index in [1.165, 1.54) is 0 Å². The molecule has 1 aromatic rings. The van der Waals surface area contributed by atoms with E-state index in [0.717, 1.165) is 0 Å². The van der Waals surface area contributed by atoms with Crippen LogP contribution in [0.25, 0.3) is 0 Å². The number of carbonyl (C=O) groups is 1. The molecule has 23 heavy (non-hydrogen) atoms. The Hall–Kier alpha value is -1.47. The van der Waals surface area contributed by atoms with Crippen LogP contribution in [0.15, 0.2) is 0 Å². The summed E-state index contributed by atoms with van der Waals surface area (Å²) in [5.74, 6) is 0. The van der Waals surface area contributed by atoms with E-state index < -0.39 is 41.2 Å². The molecule has 1 aliphatic heterocycles. The number of thiazole rings is 1. The Morgan fingerprint density at radius 1 is 1.43 bits per heavy atom. The maximum absolute atomic E-state index is 12.8. The third-order valence-electron chi connectivity index (χ3n) is 3.26. The predicted molar refractivity (Wildman–Crippen MR) is 75.0 cm³/mol. The van der Waals surface area contributed by atoms with Crippen molar-refractivity contribution in [2.45, 2.75) is 30.5 Å². The molecule has 0 bridgehead atoms. The standard InChI is InChI=1S/C11H15F3N4O4S/c12-11(13,14)8-9(16-3-19)23-10(18-8)17-4-2-22-5(1-15)7(21)6(4)20/h3-7,20-21H,1-2,15H2,(H,16,19)(H,17,18)/t4-,5+,6+,7-/m0/s1. The molecule has 1 aliphatic rings. The normalized spacial score (nSPS) is 28.4. The van der Waals surface area contributed by atoms with Crippen molar-refractivity contribution in [3.8, 4) is 0 Å². The smallest absolute Gasteiger partial charge is 0.388 e. The lowest BCUT2D eigenvalue weighted by Gasteiger charge is -2.37. The lowest BCUT2D eigenvalue weighted by Crippen LogP contribution is -2.57. The van der Waals surface area contributed by atoms with Crippen LogP contribution in [0, 0.1) is 0 Å². The van der Waals surface area contributed by atoms with Crippen molar-refractivity contribution in [2.24, 2.45) is 5.73 Å². The number of alkyl halides is 3. The van der Waals surface area contributed by atoms with Crippen LogP contribution in [0.1, 0.15) is 5.69 Å². The van der Waals surface area contributed by atoms with Crippen LogP contribution in [-0.4, -0.2) is 59.1 Å². The van der Waals surface area contributed by atoms with E-state index >= 15 is 0 Å². The number of halogens is 3. The van der Waals surface area contributed by atoms with Crippen LogP contribution in [0.3, 0.4) is 0 Å². The van der Waals surface area contributed by atoms with Crippen molar-refractivity contribution >= 4 is 27.9 Å². The van der Waals surface area contributed by atoms with Crippen LogP contribution in [0.4, 0.5) is 23.3 Å². The summed E-state index contributed by atoms with van der Waals surface area (Å²) < 4.78 is 43.7. The molecule has 1 aromatic heterocycles. The molecule has 1 fully saturated rings. The second-order valence-corrected chi connectivity index (χ2v) is 5.80. The number of nitrogens with one attached hydrogen (secondary N) is 2. The third kappa shape index (κ3) is 3.90. The minimum atomic E-state index is -4.74. The number of anilines is 2. The Bertz CT molecular complexity index is 556. The summed E-state index contributed by atoms with van der Waals surface area (Å²) in [5.41, 5.74) is 4.12. The van der Waals surface area contributed by atoms with E-state index in [1.54, 1.807) is 0 Å². The van der Waals surface area contributed by atoms with Gasteiger partial charge in [0.1, 0.15) is 17.2 Å². The fraction of sp³-hybridized carbons (Fsp3) is 0.636. The van der Waals surface area contributed by atoms with Gasteiger partial charge in [0.05, 0.1) is 18.8 Å². The lowest BCUT2D eigenvalue weighted by molar-refractivity contribution is -0.140. The van der Waals surface area contributed by atoms with Crippen LogP contribution >= 0.6 is 11.3 Å². The Morgan fingerprint density at radius 2 is 2.13 bits per heavy atom. The van der Waals surface area contributed by atoms with E-state index in [2.05, 4.69) is 10.3 Å². The van der Waals surface area contributed by atoms with Crippen molar-refractivity contribution in [3.05, 3.63) is 5.69 Å². The summed E-state index contributed by atoms with van der Waals surface area (Å²) in [6.45, 7) is -0.0781. The topological polar surface area (TPSA) is 130 Å². The molecule has 0 saturated carbocycles. The largest absolute Gasteiger partial charge is 0.436 e. The van der Waals surface area contributed by atoms with Gasteiger partial charge < -0.3 is 31.3 Å². The summed E-state index contributed by atoms with van der Waals surface area (Å²) >= 11 is 0.557. The maximum Gasteiger partial charge on any atom is 0.436 e. The van der Waals surface area contributed by atoms with Gasteiger partial charge in [-0.15, -0.1) is 0 Å². The summed E-state index contributed by atoms with van der Waals surface area (Å²) in [5, 5.41) is 23.6. The fourth-order valence-corrected chi connectivity index (χ4v) is 3.01. The average Bonchev–Trinajstić information content (AvgIpc) is 2.88. The van der Waals surface area contributed by atoms with E-state index in [4.69, 9.17) is 10.5 Å². The Kier molecular flexibility index (Phi) is 5.41. The summed E-state index contributed by atoms with van der Waals surface area (Å²) in [7, 11) is 0. The number of nitrogens with two attached hydrogens (primary N) is 1.